The Morgan fingerprint density at radius 3 is 2.67 bits per heavy atom. The van der Waals surface area contributed by atoms with Gasteiger partial charge in [-0.1, -0.05) is 13.3 Å². The van der Waals surface area contributed by atoms with Gasteiger partial charge in [0, 0.05) is 5.56 Å². The summed E-state index contributed by atoms with van der Waals surface area (Å²) in [6.07, 6.45) is 0.345. The Labute approximate surface area is 190 Å². The van der Waals surface area contributed by atoms with Gasteiger partial charge in [0.1, 0.15) is 12.4 Å². The molecule has 4 rings (SSSR count). The van der Waals surface area contributed by atoms with Gasteiger partial charge in [-0.2, -0.15) is 21.6 Å². The van der Waals surface area contributed by atoms with Crippen molar-refractivity contribution in [3.63, 3.8) is 0 Å². The van der Waals surface area contributed by atoms with E-state index < -0.39 is 40.8 Å². The van der Waals surface area contributed by atoms with Crippen molar-refractivity contribution < 1.29 is 40.8 Å². The van der Waals surface area contributed by atoms with Crippen LogP contribution in [-0.4, -0.2) is 36.8 Å². The van der Waals surface area contributed by atoms with E-state index in [1.54, 1.807) is 0 Å². The van der Waals surface area contributed by atoms with Gasteiger partial charge in [0.2, 0.25) is 0 Å². The molecule has 0 saturated heterocycles. The lowest BCUT2D eigenvalue weighted by Gasteiger charge is -2.49. The summed E-state index contributed by atoms with van der Waals surface area (Å²) in [7, 11) is -5.03. The van der Waals surface area contributed by atoms with Crippen molar-refractivity contribution in [3.05, 3.63) is 28.8 Å². The van der Waals surface area contributed by atoms with Crippen LogP contribution in [0.25, 0.3) is 0 Å². The molecule has 5 atom stereocenters. The molecule has 4 unspecified atom stereocenters. The van der Waals surface area contributed by atoms with Crippen LogP contribution in [0.1, 0.15) is 74.2 Å². The molecule has 3 aliphatic rings. The molecule has 0 aromatic heterocycles. The minimum absolute atomic E-state index is 0.228. The van der Waals surface area contributed by atoms with Crippen molar-refractivity contribution >= 4 is 16.2 Å². The number of fused-ring (bicyclic) bond motifs is 5. The second-order valence-corrected chi connectivity index (χ2v) is 11.0. The second-order valence-electron chi connectivity index (χ2n) is 9.86. The smallest absolute Gasteiger partial charge is 0.411 e. The van der Waals surface area contributed by atoms with Gasteiger partial charge in [-0.3, -0.25) is 9.35 Å². The number of rotatable bonds is 5. The summed E-state index contributed by atoms with van der Waals surface area (Å²) < 4.78 is 75.1. The van der Waals surface area contributed by atoms with E-state index in [1.807, 2.05) is 0 Å². The maximum Gasteiger partial charge on any atom is 0.411 e. The molecule has 184 valence electrons. The minimum atomic E-state index is -5.03. The number of ether oxygens (including phenoxy) is 1. The van der Waals surface area contributed by atoms with E-state index in [2.05, 4.69) is 11.7 Å². The molecule has 0 spiro atoms. The number of halogens is 3. The number of alkyl halides is 3. The van der Waals surface area contributed by atoms with Gasteiger partial charge in [0.05, 0.1) is 0 Å². The zero-order valence-electron chi connectivity index (χ0n) is 18.2. The lowest BCUT2D eigenvalue weighted by atomic mass is 9.56. The zero-order valence-corrected chi connectivity index (χ0v) is 19.0. The topological polar surface area (TPSA) is 113 Å². The minimum Gasteiger partial charge on any atom is -0.508 e. The number of carbonyl (C=O) groups is 1. The highest BCUT2D eigenvalue weighted by molar-refractivity contribution is 7.84. The van der Waals surface area contributed by atoms with Gasteiger partial charge in [-0.15, -0.1) is 0 Å². The molecule has 33 heavy (non-hydrogen) atoms. The zero-order chi connectivity index (χ0) is 24.2. The van der Waals surface area contributed by atoms with Gasteiger partial charge < -0.3 is 9.84 Å². The lowest BCUT2D eigenvalue weighted by Crippen LogP contribution is -2.39. The van der Waals surface area contributed by atoms with Crippen molar-refractivity contribution in [2.24, 2.45) is 17.3 Å². The maximum atomic E-state index is 12.7. The Hall–Kier alpha value is -1.85. The highest BCUT2D eigenvalue weighted by Gasteiger charge is 2.50. The van der Waals surface area contributed by atoms with Gasteiger partial charge in [0.15, 0.2) is 6.10 Å². The summed E-state index contributed by atoms with van der Waals surface area (Å²) in [6, 6.07) is 2.93. The van der Waals surface area contributed by atoms with E-state index in [0.29, 0.717) is 23.7 Å². The van der Waals surface area contributed by atoms with E-state index in [-0.39, 0.29) is 11.5 Å². The number of phenols is 1. The molecule has 0 aliphatic heterocycles. The second kappa shape index (κ2) is 8.42. The van der Waals surface area contributed by atoms with E-state index in [9.17, 15) is 31.5 Å². The lowest BCUT2D eigenvalue weighted by molar-refractivity contribution is -0.188. The number of amides is 1. The third-order valence-corrected chi connectivity index (χ3v) is 8.28. The van der Waals surface area contributed by atoms with Crippen molar-refractivity contribution in [1.82, 2.24) is 4.72 Å². The largest absolute Gasteiger partial charge is 0.508 e. The molecule has 1 aromatic rings. The maximum absolute atomic E-state index is 12.7. The third-order valence-electron chi connectivity index (χ3n) is 7.82. The standard InChI is InChI=1S/C22H28F3NO6S/c1-21-7-2-3-17(21)14-5-4-12-9-16(18(27)10-15(12)13(14)6-8-21)19(32-11-22(23,24)25)20(28)26-33(29,30)31/h9-10,13-14,17,19,27H,2-8,11H2,1H3,(H,26,28)(H,29,30,31)/t13?,14?,17?,19?,21-/m0/s1. The monoisotopic (exact) mass is 491 g/mol. The molecule has 0 radical (unpaired) electrons. The summed E-state index contributed by atoms with van der Waals surface area (Å²) >= 11 is 0. The summed E-state index contributed by atoms with van der Waals surface area (Å²) in [5.41, 5.74) is 1.82. The van der Waals surface area contributed by atoms with Crippen molar-refractivity contribution in [2.75, 3.05) is 6.61 Å². The summed E-state index contributed by atoms with van der Waals surface area (Å²) in [4.78, 5) is 12.3. The van der Waals surface area contributed by atoms with E-state index in [4.69, 9.17) is 4.55 Å². The van der Waals surface area contributed by atoms with Crippen LogP contribution < -0.4 is 4.72 Å². The average molecular weight is 492 g/mol. The first-order valence-corrected chi connectivity index (χ1v) is 12.5. The van der Waals surface area contributed by atoms with Crippen LogP contribution in [-0.2, 0) is 26.3 Å². The molecule has 11 heteroatoms. The molecule has 0 heterocycles. The van der Waals surface area contributed by atoms with Gasteiger partial charge >= 0.3 is 16.5 Å². The summed E-state index contributed by atoms with van der Waals surface area (Å²) in [5.74, 6) is -0.651. The van der Waals surface area contributed by atoms with Crippen molar-refractivity contribution in [1.29, 1.82) is 0 Å². The Bertz CT molecular complexity index is 1040. The fourth-order valence-corrected chi connectivity index (χ4v) is 6.86. The Morgan fingerprint density at radius 2 is 2.00 bits per heavy atom. The Kier molecular flexibility index (Phi) is 6.20. The number of benzene rings is 1. The van der Waals surface area contributed by atoms with Crippen LogP contribution in [0.3, 0.4) is 0 Å². The fourth-order valence-electron chi connectivity index (χ4n) is 6.50. The molecule has 2 fully saturated rings. The molecular formula is C22H28F3NO6S. The Balaban J connectivity index is 1.66. The van der Waals surface area contributed by atoms with E-state index in [0.717, 1.165) is 30.4 Å². The molecular weight excluding hydrogens is 463 g/mol. The fraction of sp³-hybridized carbons (Fsp3) is 0.682. The first kappa shape index (κ1) is 24.3. The van der Waals surface area contributed by atoms with Crippen LogP contribution in [0.5, 0.6) is 5.75 Å². The Morgan fingerprint density at radius 1 is 1.27 bits per heavy atom. The first-order valence-electron chi connectivity index (χ1n) is 11.1. The number of nitrogens with one attached hydrogen (secondary N) is 1. The average Bonchev–Trinajstić information content (AvgIpc) is 3.08. The molecule has 1 aromatic carbocycles. The molecule has 0 bridgehead atoms. The summed E-state index contributed by atoms with van der Waals surface area (Å²) in [5, 5.41) is 10.7. The number of hydrogen-bond acceptors (Lipinski definition) is 5. The third kappa shape index (κ3) is 5.00. The number of hydrogen-bond donors (Lipinski definition) is 3. The first-order chi connectivity index (χ1) is 15.3. The summed E-state index contributed by atoms with van der Waals surface area (Å²) in [6.45, 7) is 0.519. The molecule has 1 amide bonds. The number of aromatic hydroxyl groups is 1. The van der Waals surface area contributed by atoms with Crippen molar-refractivity contribution in [3.8, 4) is 5.75 Å². The van der Waals surface area contributed by atoms with E-state index in [1.165, 1.54) is 36.1 Å². The van der Waals surface area contributed by atoms with E-state index >= 15 is 0 Å². The van der Waals surface area contributed by atoms with Gasteiger partial charge in [-0.05, 0) is 85.0 Å². The van der Waals surface area contributed by atoms with Crippen LogP contribution >= 0.6 is 0 Å². The van der Waals surface area contributed by atoms with Gasteiger partial charge in [0.25, 0.3) is 5.91 Å². The highest BCUT2D eigenvalue weighted by Crippen LogP contribution is 2.61. The number of phenolic OH excluding ortho intramolecular Hbond substituents is 1. The van der Waals surface area contributed by atoms with Crippen LogP contribution in [0, 0.1) is 17.3 Å². The number of aryl methyl sites for hydroxylation is 1. The molecule has 3 aliphatic carbocycles. The molecule has 2 saturated carbocycles. The SMILES string of the molecule is C[C@@]12CCCC1C1CCc3cc(C(OCC(F)(F)F)C(=O)NS(=O)(=O)O)c(O)cc3C1CC2. The highest BCUT2D eigenvalue weighted by atomic mass is 32.2. The van der Waals surface area contributed by atoms with Gasteiger partial charge in [-0.25, -0.2) is 4.72 Å². The van der Waals surface area contributed by atoms with Crippen molar-refractivity contribution in [2.45, 2.75) is 70.1 Å². The predicted molar refractivity (Wildman–Crippen MR) is 112 cm³/mol. The quantitative estimate of drug-likeness (QED) is 0.533. The molecule has 3 N–H and O–H groups in total. The van der Waals surface area contributed by atoms with Crippen LogP contribution in [0.2, 0.25) is 0 Å². The predicted octanol–water partition coefficient (Wildman–Crippen LogP) is 4.18. The normalized spacial score (nSPS) is 30.2. The van der Waals surface area contributed by atoms with Crippen LogP contribution in [0.15, 0.2) is 12.1 Å². The number of carbonyl (C=O) groups excluding carboxylic acids is 1. The van der Waals surface area contributed by atoms with Crippen LogP contribution in [0.4, 0.5) is 13.2 Å². The molecule has 7 nitrogen and oxygen atoms in total.